The van der Waals surface area contributed by atoms with Gasteiger partial charge in [0.25, 0.3) is 0 Å². The van der Waals surface area contributed by atoms with Crippen LogP contribution < -0.4 is 0 Å². The summed E-state index contributed by atoms with van der Waals surface area (Å²) < 4.78 is 0. The van der Waals surface area contributed by atoms with Gasteiger partial charge in [-0.2, -0.15) is 0 Å². The molecule has 14 heavy (non-hydrogen) atoms. The number of nitrogens with zero attached hydrogens (tertiary/aromatic N) is 2. The van der Waals surface area contributed by atoms with Gasteiger partial charge in [-0.1, -0.05) is 5.73 Å². The Bertz CT molecular complexity index is 329. The Morgan fingerprint density at radius 2 is 1.71 bits per heavy atom. The number of likely N-dealkylation sites (N-methyl/N-ethyl adjacent to an activating group) is 1. The van der Waals surface area contributed by atoms with E-state index in [1.54, 1.807) is 0 Å². The van der Waals surface area contributed by atoms with Crippen LogP contribution >= 0.6 is 0 Å². The fourth-order valence-corrected chi connectivity index (χ4v) is 0.712. The van der Waals surface area contributed by atoms with Crippen LogP contribution in [-0.2, 0) is 0 Å². The SMILES string of the molecule is C=C=C=C=C(/C=C(\C)N(C)C)N(C)C. The van der Waals surface area contributed by atoms with Crippen molar-refractivity contribution in [2.24, 2.45) is 0 Å². The zero-order valence-electron chi connectivity index (χ0n) is 9.68. The molecular weight excluding hydrogens is 172 g/mol. The third-order valence-electron chi connectivity index (χ3n) is 1.81. The summed E-state index contributed by atoms with van der Waals surface area (Å²) in [6, 6.07) is 0. The lowest BCUT2D eigenvalue weighted by Crippen LogP contribution is -2.13. The van der Waals surface area contributed by atoms with E-state index in [1.165, 1.54) is 0 Å². The second-order valence-electron chi connectivity index (χ2n) is 3.39. The minimum absolute atomic E-state index is 0.951. The molecule has 0 rings (SSSR count). The summed E-state index contributed by atoms with van der Waals surface area (Å²) in [5.74, 6) is 0. The van der Waals surface area contributed by atoms with E-state index in [-0.39, 0.29) is 0 Å². The normalized spacial score (nSPS) is 9.64. The molecular formula is C12H18N2. The van der Waals surface area contributed by atoms with Gasteiger partial charge in [-0.15, -0.1) is 0 Å². The molecule has 0 aliphatic carbocycles. The molecule has 0 aromatic rings. The van der Waals surface area contributed by atoms with E-state index in [2.05, 4.69) is 23.8 Å². The van der Waals surface area contributed by atoms with Crippen LogP contribution in [0, 0.1) is 0 Å². The third kappa shape index (κ3) is 4.45. The molecule has 0 fully saturated rings. The van der Waals surface area contributed by atoms with Gasteiger partial charge in [-0.05, 0) is 31.0 Å². The fraction of sp³-hybridized carbons (Fsp3) is 0.417. The van der Waals surface area contributed by atoms with Gasteiger partial charge in [0.15, 0.2) is 0 Å². The minimum atomic E-state index is 0.951. The van der Waals surface area contributed by atoms with Gasteiger partial charge in [0.2, 0.25) is 0 Å². The summed E-state index contributed by atoms with van der Waals surface area (Å²) in [6.07, 6.45) is 2.03. The second-order valence-corrected chi connectivity index (χ2v) is 3.39. The summed E-state index contributed by atoms with van der Waals surface area (Å²) in [7, 11) is 7.94. The Morgan fingerprint density at radius 1 is 1.14 bits per heavy atom. The molecule has 0 radical (unpaired) electrons. The summed E-state index contributed by atoms with van der Waals surface area (Å²) in [6.45, 7) is 5.49. The van der Waals surface area contributed by atoms with Crippen molar-refractivity contribution in [1.29, 1.82) is 0 Å². The molecule has 0 aromatic carbocycles. The summed E-state index contributed by atoms with van der Waals surface area (Å²) in [5, 5.41) is 0. The van der Waals surface area contributed by atoms with Crippen LogP contribution in [0.1, 0.15) is 6.92 Å². The fourth-order valence-electron chi connectivity index (χ4n) is 0.712. The lowest BCUT2D eigenvalue weighted by molar-refractivity contribution is 0.496. The van der Waals surface area contributed by atoms with Crippen LogP contribution in [0.25, 0.3) is 0 Å². The number of allylic oxidation sites excluding steroid dienone is 2. The van der Waals surface area contributed by atoms with Crippen molar-refractivity contribution in [3.63, 3.8) is 0 Å². The second kappa shape index (κ2) is 5.96. The number of rotatable bonds is 3. The standard InChI is InChI=1S/C12H18N2/c1-7-8-9-12(14(5)6)10-11(2)13(3)4/h10H,1H2,2-6H3/b11-10+. The topological polar surface area (TPSA) is 6.48 Å². The maximum Gasteiger partial charge on any atom is 0.0901 e. The molecule has 2 nitrogen and oxygen atoms in total. The summed E-state index contributed by atoms with van der Waals surface area (Å²) in [5.41, 5.74) is 10.4. The van der Waals surface area contributed by atoms with Gasteiger partial charge in [0.1, 0.15) is 0 Å². The highest BCUT2D eigenvalue weighted by Gasteiger charge is 1.97. The Kier molecular flexibility index (Phi) is 5.29. The van der Waals surface area contributed by atoms with Crippen molar-refractivity contribution in [2.75, 3.05) is 28.2 Å². The Hall–Kier alpha value is -1.58. The highest BCUT2D eigenvalue weighted by molar-refractivity contribution is 5.19. The zero-order valence-corrected chi connectivity index (χ0v) is 9.68. The van der Waals surface area contributed by atoms with Gasteiger partial charge in [-0.3, -0.25) is 0 Å². The predicted molar refractivity (Wildman–Crippen MR) is 60.8 cm³/mol. The van der Waals surface area contributed by atoms with Gasteiger partial charge >= 0.3 is 0 Å². The van der Waals surface area contributed by atoms with Crippen LogP contribution in [0.2, 0.25) is 0 Å². The maximum absolute atomic E-state index is 3.44. The smallest absolute Gasteiger partial charge is 0.0901 e. The molecule has 0 aliphatic heterocycles. The van der Waals surface area contributed by atoms with Crippen LogP contribution in [0.4, 0.5) is 0 Å². The van der Waals surface area contributed by atoms with Crippen molar-refractivity contribution >= 4 is 0 Å². The summed E-state index contributed by atoms with van der Waals surface area (Å²) >= 11 is 0. The first kappa shape index (κ1) is 12.4. The third-order valence-corrected chi connectivity index (χ3v) is 1.81. The molecule has 0 heterocycles. The average Bonchev–Trinajstić information content (AvgIpc) is 2.10. The van der Waals surface area contributed by atoms with Gasteiger partial charge in [0.05, 0.1) is 5.70 Å². The van der Waals surface area contributed by atoms with Gasteiger partial charge in [-0.25, -0.2) is 0 Å². The van der Waals surface area contributed by atoms with Crippen LogP contribution in [0.5, 0.6) is 0 Å². The lowest BCUT2D eigenvalue weighted by atomic mass is 10.3. The van der Waals surface area contributed by atoms with Crippen molar-refractivity contribution in [2.45, 2.75) is 6.92 Å². The number of hydrogen-bond donors (Lipinski definition) is 0. The molecule has 0 saturated carbocycles. The van der Waals surface area contributed by atoms with E-state index in [9.17, 15) is 0 Å². The molecule has 0 N–H and O–H groups in total. The molecule has 0 unspecified atom stereocenters. The largest absolute Gasteiger partial charge is 0.381 e. The molecule has 0 atom stereocenters. The quantitative estimate of drug-likeness (QED) is 0.496. The Labute approximate surface area is 86.8 Å². The van der Waals surface area contributed by atoms with Crippen LogP contribution in [0.15, 0.2) is 41.2 Å². The van der Waals surface area contributed by atoms with Crippen molar-refractivity contribution in [1.82, 2.24) is 9.80 Å². The zero-order chi connectivity index (χ0) is 11.1. The molecule has 76 valence electrons. The van der Waals surface area contributed by atoms with E-state index in [0.717, 1.165) is 11.4 Å². The average molecular weight is 190 g/mol. The molecule has 0 amide bonds. The molecule has 0 bridgehead atoms. The van der Waals surface area contributed by atoms with E-state index in [4.69, 9.17) is 0 Å². The van der Waals surface area contributed by atoms with Crippen LogP contribution in [-0.4, -0.2) is 38.0 Å². The highest BCUT2D eigenvalue weighted by Crippen LogP contribution is 2.04. The lowest BCUT2D eigenvalue weighted by Gasteiger charge is -2.16. The van der Waals surface area contributed by atoms with Crippen LogP contribution in [0.3, 0.4) is 0 Å². The Balaban J connectivity index is 5.19. The van der Waals surface area contributed by atoms with E-state index in [1.807, 2.05) is 51.0 Å². The van der Waals surface area contributed by atoms with E-state index >= 15 is 0 Å². The van der Waals surface area contributed by atoms with E-state index in [0.29, 0.717) is 0 Å². The van der Waals surface area contributed by atoms with Crippen molar-refractivity contribution < 1.29 is 0 Å². The minimum Gasteiger partial charge on any atom is -0.381 e. The first-order chi connectivity index (χ1) is 6.49. The highest BCUT2D eigenvalue weighted by atomic mass is 15.1. The molecule has 0 saturated heterocycles. The van der Waals surface area contributed by atoms with Gasteiger partial charge in [0, 0.05) is 33.9 Å². The maximum atomic E-state index is 3.44. The Morgan fingerprint density at radius 3 is 2.07 bits per heavy atom. The first-order valence-corrected chi connectivity index (χ1v) is 4.42. The first-order valence-electron chi connectivity index (χ1n) is 4.42. The number of hydrogen-bond acceptors (Lipinski definition) is 2. The monoisotopic (exact) mass is 190 g/mol. The van der Waals surface area contributed by atoms with E-state index < -0.39 is 0 Å². The predicted octanol–water partition coefficient (Wildman–Crippen LogP) is 1.99. The van der Waals surface area contributed by atoms with Crippen molar-refractivity contribution in [3.05, 3.63) is 41.2 Å². The molecule has 0 aromatic heterocycles. The summed E-state index contributed by atoms with van der Waals surface area (Å²) in [4.78, 5) is 4.01. The van der Waals surface area contributed by atoms with Gasteiger partial charge < -0.3 is 9.80 Å². The molecule has 0 aliphatic rings. The van der Waals surface area contributed by atoms with Crippen molar-refractivity contribution in [3.8, 4) is 0 Å². The molecule has 0 spiro atoms. The molecule has 2 heteroatoms.